The predicted octanol–water partition coefficient (Wildman–Crippen LogP) is 3.39. The van der Waals surface area contributed by atoms with Gasteiger partial charge in [-0.2, -0.15) is 0 Å². The van der Waals surface area contributed by atoms with Gasteiger partial charge in [0.05, 0.1) is 10.7 Å². The average molecular weight is 333 g/mol. The van der Waals surface area contributed by atoms with Crippen molar-refractivity contribution < 1.29 is 4.79 Å². The Labute approximate surface area is 115 Å². The lowest BCUT2D eigenvalue weighted by Gasteiger charge is -2.05. The molecule has 1 aromatic carbocycles. The molecule has 1 amide bonds. The monoisotopic (exact) mass is 331 g/mol. The van der Waals surface area contributed by atoms with Crippen LogP contribution in [0.5, 0.6) is 0 Å². The number of hydrogen-bond donors (Lipinski definition) is 2. The Kier molecular flexibility index (Phi) is 3.66. The van der Waals surface area contributed by atoms with Gasteiger partial charge >= 0.3 is 0 Å². The van der Waals surface area contributed by atoms with Crippen LogP contribution in [0.1, 0.15) is 10.5 Å². The van der Waals surface area contributed by atoms with Gasteiger partial charge in [-0.15, -0.1) is 11.3 Å². The largest absolute Gasteiger partial charge is 0.375 e. The molecule has 1 aromatic heterocycles. The third kappa shape index (κ3) is 2.96. The summed E-state index contributed by atoms with van der Waals surface area (Å²) in [5, 5.41) is 5.07. The zero-order chi connectivity index (χ0) is 12.4. The Morgan fingerprint density at radius 2 is 2.29 bits per heavy atom. The van der Waals surface area contributed by atoms with Gasteiger partial charge in [0.15, 0.2) is 5.13 Å². The van der Waals surface area contributed by atoms with Crippen LogP contribution in [0, 0.1) is 0 Å². The molecular formula is C10H7BrClN3OS. The van der Waals surface area contributed by atoms with Crippen molar-refractivity contribution in [2.75, 3.05) is 11.1 Å². The number of nitrogens with zero attached hydrogens (tertiary/aromatic N) is 1. The van der Waals surface area contributed by atoms with Crippen molar-refractivity contribution >= 4 is 55.6 Å². The number of thiazole rings is 1. The number of nitrogens with two attached hydrogens (primary N) is 1. The van der Waals surface area contributed by atoms with E-state index in [0.717, 1.165) is 4.47 Å². The number of aromatic nitrogens is 1. The fourth-order valence-electron chi connectivity index (χ4n) is 1.17. The van der Waals surface area contributed by atoms with Crippen molar-refractivity contribution in [2.45, 2.75) is 0 Å². The molecule has 0 unspecified atom stereocenters. The molecule has 0 radical (unpaired) electrons. The Bertz CT molecular complexity index is 572. The highest BCUT2D eigenvalue weighted by atomic mass is 79.9. The SMILES string of the molecule is Nc1nc(C(=O)Nc2ccc(Br)cc2Cl)cs1. The summed E-state index contributed by atoms with van der Waals surface area (Å²) < 4.78 is 0.846. The van der Waals surface area contributed by atoms with Crippen LogP contribution in [0.4, 0.5) is 10.8 Å². The van der Waals surface area contributed by atoms with E-state index in [0.29, 0.717) is 15.8 Å². The molecule has 0 spiro atoms. The van der Waals surface area contributed by atoms with E-state index >= 15 is 0 Å². The Balaban J connectivity index is 2.18. The van der Waals surface area contributed by atoms with Crippen molar-refractivity contribution in [1.82, 2.24) is 4.98 Å². The number of nitrogens with one attached hydrogen (secondary N) is 1. The summed E-state index contributed by atoms with van der Waals surface area (Å²) >= 11 is 10.5. The van der Waals surface area contributed by atoms with E-state index in [1.165, 1.54) is 11.3 Å². The molecule has 0 aliphatic rings. The number of halogens is 2. The molecule has 0 aliphatic carbocycles. The van der Waals surface area contributed by atoms with Gasteiger partial charge in [0.1, 0.15) is 5.69 Å². The minimum Gasteiger partial charge on any atom is -0.375 e. The van der Waals surface area contributed by atoms with E-state index in [9.17, 15) is 4.79 Å². The lowest BCUT2D eigenvalue weighted by atomic mass is 10.3. The van der Waals surface area contributed by atoms with Crippen molar-refractivity contribution in [3.8, 4) is 0 Å². The maximum atomic E-state index is 11.8. The zero-order valence-corrected chi connectivity index (χ0v) is 11.6. The Morgan fingerprint density at radius 3 is 2.88 bits per heavy atom. The topological polar surface area (TPSA) is 68.0 Å². The summed E-state index contributed by atoms with van der Waals surface area (Å²) in [7, 11) is 0. The molecule has 0 atom stereocenters. The fraction of sp³-hybridized carbons (Fsp3) is 0. The van der Waals surface area contributed by atoms with Crippen molar-refractivity contribution in [2.24, 2.45) is 0 Å². The van der Waals surface area contributed by atoms with Crippen molar-refractivity contribution in [3.63, 3.8) is 0 Å². The molecule has 88 valence electrons. The van der Waals surface area contributed by atoms with E-state index in [-0.39, 0.29) is 11.6 Å². The number of rotatable bonds is 2. The second kappa shape index (κ2) is 5.03. The summed E-state index contributed by atoms with van der Waals surface area (Å²) in [6, 6.07) is 5.20. The van der Waals surface area contributed by atoms with Gasteiger partial charge in [0, 0.05) is 9.85 Å². The number of anilines is 2. The highest BCUT2D eigenvalue weighted by Gasteiger charge is 2.11. The predicted molar refractivity (Wildman–Crippen MR) is 73.6 cm³/mol. The third-order valence-corrected chi connectivity index (χ3v) is 3.41. The molecule has 2 aromatic rings. The van der Waals surface area contributed by atoms with Crippen LogP contribution in [-0.2, 0) is 0 Å². The van der Waals surface area contributed by atoms with E-state index < -0.39 is 0 Å². The zero-order valence-electron chi connectivity index (χ0n) is 8.41. The third-order valence-electron chi connectivity index (χ3n) is 1.93. The lowest BCUT2D eigenvalue weighted by Crippen LogP contribution is -2.12. The van der Waals surface area contributed by atoms with E-state index in [4.69, 9.17) is 17.3 Å². The second-order valence-electron chi connectivity index (χ2n) is 3.15. The number of benzene rings is 1. The second-order valence-corrected chi connectivity index (χ2v) is 5.36. The van der Waals surface area contributed by atoms with E-state index in [1.54, 1.807) is 23.6 Å². The van der Waals surface area contributed by atoms with Crippen LogP contribution in [-0.4, -0.2) is 10.9 Å². The van der Waals surface area contributed by atoms with Crippen LogP contribution >= 0.6 is 38.9 Å². The van der Waals surface area contributed by atoms with E-state index in [1.807, 2.05) is 0 Å². The van der Waals surface area contributed by atoms with Gasteiger partial charge in [-0.05, 0) is 18.2 Å². The first-order valence-corrected chi connectivity index (χ1v) is 6.59. The molecule has 7 heteroatoms. The van der Waals surface area contributed by atoms with Crippen LogP contribution in [0.2, 0.25) is 5.02 Å². The minimum absolute atomic E-state index is 0.284. The van der Waals surface area contributed by atoms with Crippen LogP contribution in [0.15, 0.2) is 28.1 Å². The first-order chi connectivity index (χ1) is 8.06. The van der Waals surface area contributed by atoms with E-state index in [2.05, 4.69) is 26.2 Å². The summed E-state index contributed by atoms with van der Waals surface area (Å²) in [5.74, 6) is -0.331. The Morgan fingerprint density at radius 1 is 1.53 bits per heavy atom. The van der Waals surface area contributed by atoms with Crippen LogP contribution < -0.4 is 11.1 Å². The average Bonchev–Trinajstić information content (AvgIpc) is 2.69. The number of nitrogen functional groups attached to an aromatic ring is 1. The van der Waals surface area contributed by atoms with Gasteiger partial charge in [0.2, 0.25) is 0 Å². The number of carbonyl (C=O) groups excluding carboxylic acids is 1. The molecule has 3 N–H and O–H groups in total. The smallest absolute Gasteiger partial charge is 0.275 e. The van der Waals surface area contributed by atoms with Gasteiger partial charge in [-0.25, -0.2) is 4.98 Å². The summed E-state index contributed by atoms with van der Waals surface area (Å²) in [6.45, 7) is 0. The van der Waals surface area contributed by atoms with Gasteiger partial charge < -0.3 is 11.1 Å². The standard InChI is InChI=1S/C10H7BrClN3OS/c11-5-1-2-7(6(12)3-5)14-9(16)8-4-17-10(13)15-8/h1-4H,(H2,13,15)(H,14,16). The molecule has 0 saturated carbocycles. The number of amides is 1. The highest BCUT2D eigenvalue weighted by molar-refractivity contribution is 9.10. The summed E-state index contributed by atoms with van der Waals surface area (Å²) in [6.07, 6.45) is 0. The number of carbonyl (C=O) groups is 1. The first kappa shape index (κ1) is 12.3. The van der Waals surface area contributed by atoms with Gasteiger partial charge in [0.25, 0.3) is 5.91 Å². The highest BCUT2D eigenvalue weighted by Crippen LogP contribution is 2.26. The van der Waals surface area contributed by atoms with Gasteiger partial charge in [-0.3, -0.25) is 4.79 Å². The van der Waals surface area contributed by atoms with Crippen molar-refractivity contribution in [1.29, 1.82) is 0 Å². The molecule has 0 aliphatic heterocycles. The molecule has 1 heterocycles. The maximum Gasteiger partial charge on any atom is 0.275 e. The van der Waals surface area contributed by atoms with Crippen LogP contribution in [0.3, 0.4) is 0 Å². The fourth-order valence-corrected chi connectivity index (χ4v) is 2.43. The molecule has 0 fully saturated rings. The Hall–Kier alpha value is -1.11. The molecule has 17 heavy (non-hydrogen) atoms. The molecule has 0 saturated heterocycles. The van der Waals surface area contributed by atoms with Crippen molar-refractivity contribution in [3.05, 3.63) is 38.8 Å². The lowest BCUT2D eigenvalue weighted by molar-refractivity contribution is 0.102. The first-order valence-electron chi connectivity index (χ1n) is 4.53. The quantitative estimate of drug-likeness (QED) is 0.885. The van der Waals surface area contributed by atoms with Gasteiger partial charge in [-0.1, -0.05) is 27.5 Å². The summed E-state index contributed by atoms with van der Waals surface area (Å²) in [5.41, 5.74) is 6.27. The molecule has 2 rings (SSSR count). The van der Waals surface area contributed by atoms with Crippen LogP contribution in [0.25, 0.3) is 0 Å². The molecule has 0 bridgehead atoms. The number of hydrogen-bond acceptors (Lipinski definition) is 4. The minimum atomic E-state index is -0.331. The summed E-state index contributed by atoms with van der Waals surface area (Å²) in [4.78, 5) is 15.7. The normalized spacial score (nSPS) is 10.2. The molecule has 4 nitrogen and oxygen atoms in total. The maximum absolute atomic E-state index is 11.8. The molecular weight excluding hydrogens is 326 g/mol.